The first-order chi connectivity index (χ1) is 8.03. The topological polar surface area (TPSA) is 0 Å². The lowest BCUT2D eigenvalue weighted by Gasteiger charge is -2.24. The van der Waals surface area contributed by atoms with Crippen LogP contribution in [0.5, 0.6) is 0 Å². The zero-order valence-electron chi connectivity index (χ0n) is 11.3. The monoisotopic (exact) mass is 226 g/mol. The largest absolute Gasteiger partial charge is 0.102 e. The molecule has 0 fully saturated rings. The number of allylic oxidation sites excluding steroid dienone is 4. The second kappa shape index (κ2) is 5.67. The molecular weight excluding hydrogens is 204 g/mol. The molecule has 0 aliphatic heterocycles. The first-order valence-electron chi connectivity index (χ1n) is 6.06. The van der Waals surface area contributed by atoms with Gasteiger partial charge in [-0.25, -0.2) is 0 Å². The zero-order valence-corrected chi connectivity index (χ0v) is 11.3. The van der Waals surface area contributed by atoms with Crippen LogP contribution in [0.1, 0.15) is 37.5 Å². The fourth-order valence-corrected chi connectivity index (χ4v) is 1.84. The molecule has 0 heteroatoms. The van der Waals surface area contributed by atoms with Gasteiger partial charge in [-0.15, -0.1) is 6.58 Å². The summed E-state index contributed by atoms with van der Waals surface area (Å²) in [6.45, 7) is 12.5. The summed E-state index contributed by atoms with van der Waals surface area (Å²) in [5.74, 6) is 0. The molecule has 0 radical (unpaired) electrons. The predicted molar refractivity (Wildman–Crippen MR) is 78.3 cm³/mol. The molecule has 0 saturated heterocycles. The molecule has 0 spiro atoms. The standard InChI is InChI=1S/C17H22/c1-6-8-9-12-15-14(3)11-10-13-16(15)17(4,5)7-2/h6-13H,2H2,1,3-5H3/b8-6-,12-9-. The van der Waals surface area contributed by atoms with Crippen molar-refractivity contribution in [2.24, 2.45) is 0 Å². The summed E-state index contributed by atoms with van der Waals surface area (Å²) in [5, 5.41) is 0. The molecule has 0 bridgehead atoms. The van der Waals surface area contributed by atoms with Gasteiger partial charge in [0, 0.05) is 5.41 Å². The van der Waals surface area contributed by atoms with Gasteiger partial charge < -0.3 is 0 Å². The van der Waals surface area contributed by atoms with E-state index in [1.165, 1.54) is 16.7 Å². The highest BCUT2D eigenvalue weighted by Crippen LogP contribution is 2.30. The quantitative estimate of drug-likeness (QED) is 0.498. The van der Waals surface area contributed by atoms with Gasteiger partial charge in [0.25, 0.3) is 0 Å². The lowest BCUT2D eigenvalue weighted by molar-refractivity contribution is 0.669. The van der Waals surface area contributed by atoms with Crippen molar-refractivity contribution in [3.63, 3.8) is 0 Å². The van der Waals surface area contributed by atoms with Crippen LogP contribution in [0.2, 0.25) is 0 Å². The van der Waals surface area contributed by atoms with Crippen molar-refractivity contribution >= 4 is 6.08 Å². The molecule has 0 atom stereocenters. The predicted octanol–water partition coefficient (Wildman–Crippen LogP) is 5.05. The van der Waals surface area contributed by atoms with E-state index in [0.29, 0.717) is 0 Å². The van der Waals surface area contributed by atoms with Crippen molar-refractivity contribution in [1.82, 2.24) is 0 Å². The molecule has 0 nitrogen and oxygen atoms in total. The Hall–Kier alpha value is -1.56. The van der Waals surface area contributed by atoms with Crippen molar-refractivity contribution in [1.29, 1.82) is 0 Å². The summed E-state index contributed by atoms with van der Waals surface area (Å²) in [5.41, 5.74) is 3.93. The number of aryl methyl sites for hydroxylation is 1. The molecule has 0 aromatic heterocycles. The van der Waals surface area contributed by atoms with Gasteiger partial charge in [-0.1, -0.05) is 62.4 Å². The molecule has 0 N–H and O–H groups in total. The number of hydrogen-bond donors (Lipinski definition) is 0. The third-order valence-electron chi connectivity index (χ3n) is 3.10. The van der Waals surface area contributed by atoms with E-state index in [-0.39, 0.29) is 5.41 Å². The third kappa shape index (κ3) is 3.20. The first kappa shape index (κ1) is 13.5. The summed E-state index contributed by atoms with van der Waals surface area (Å²) < 4.78 is 0. The Bertz CT molecular complexity index is 445. The lowest BCUT2D eigenvalue weighted by atomic mass is 9.80. The van der Waals surface area contributed by atoms with E-state index < -0.39 is 0 Å². The highest BCUT2D eigenvalue weighted by atomic mass is 14.2. The molecule has 0 aliphatic rings. The highest BCUT2D eigenvalue weighted by molar-refractivity contribution is 5.61. The van der Waals surface area contributed by atoms with E-state index in [9.17, 15) is 0 Å². The van der Waals surface area contributed by atoms with Crippen LogP contribution in [-0.2, 0) is 5.41 Å². The SMILES string of the molecule is C=CC(C)(C)c1cccc(C)c1/C=C\C=C/C. The van der Waals surface area contributed by atoms with Crippen molar-refractivity contribution in [2.45, 2.75) is 33.1 Å². The van der Waals surface area contributed by atoms with E-state index in [4.69, 9.17) is 0 Å². The number of rotatable bonds is 4. The summed E-state index contributed by atoms with van der Waals surface area (Å²) in [4.78, 5) is 0. The van der Waals surface area contributed by atoms with Crippen LogP contribution in [0.25, 0.3) is 6.08 Å². The smallest absolute Gasteiger partial charge is 0.00787 e. The molecule has 0 unspecified atom stereocenters. The Kier molecular flexibility index (Phi) is 4.51. The summed E-state index contributed by atoms with van der Waals surface area (Å²) >= 11 is 0. The van der Waals surface area contributed by atoms with E-state index in [1.54, 1.807) is 0 Å². The summed E-state index contributed by atoms with van der Waals surface area (Å²) in [6.07, 6.45) is 10.4. The second-order valence-corrected chi connectivity index (χ2v) is 4.85. The van der Waals surface area contributed by atoms with Gasteiger partial charge in [0.1, 0.15) is 0 Å². The molecule has 1 aromatic carbocycles. The van der Waals surface area contributed by atoms with Crippen LogP contribution in [0.15, 0.2) is 49.1 Å². The molecule has 0 aliphatic carbocycles. The first-order valence-corrected chi connectivity index (χ1v) is 6.06. The maximum Gasteiger partial charge on any atom is 0.00787 e. The van der Waals surface area contributed by atoms with Gasteiger partial charge in [-0.05, 0) is 30.5 Å². The third-order valence-corrected chi connectivity index (χ3v) is 3.10. The van der Waals surface area contributed by atoms with Gasteiger partial charge >= 0.3 is 0 Å². The van der Waals surface area contributed by atoms with E-state index in [0.717, 1.165) is 0 Å². The minimum absolute atomic E-state index is 0.00161. The van der Waals surface area contributed by atoms with Crippen LogP contribution in [0.3, 0.4) is 0 Å². The van der Waals surface area contributed by atoms with Crippen molar-refractivity contribution in [2.75, 3.05) is 0 Å². The van der Waals surface area contributed by atoms with E-state index in [2.05, 4.69) is 63.8 Å². The van der Waals surface area contributed by atoms with Crippen LogP contribution in [-0.4, -0.2) is 0 Å². The molecule has 0 saturated carbocycles. The van der Waals surface area contributed by atoms with Crippen LogP contribution in [0.4, 0.5) is 0 Å². The van der Waals surface area contributed by atoms with Crippen LogP contribution >= 0.6 is 0 Å². The molecule has 17 heavy (non-hydrogen) atoms. The average Bonchev–Trinajstić information content (AvgIpc) is 2.31. The lowest BCUT2D eigenvalue weighted by Crippen LogP contribution is -2.15. The van der Waals surface area contributed by atoms with Crippen LogP contribution in [0, 0.1) is 6.92 Å². The van der Waals surface area contributed by atoms with Crippen molar-refractivity contribution in [3.8, 4) is 0 Å². The zero-order chi connectivity index (χ0) is 12.9. The Balaban J connectivity index is 3.31. The Morgan fingerprint density at radius 1 is 1.18 bits per heavy atom. The number of hydrogen-bond acceptors (Lipinski definition) is 0. The van der Waals surface area contributed by atoms with E-state index in [1.807, 2.05) is 19.1 Å². The van der Waals surface area contributed by atoms with Gasteiger partial charge in [0.15, 0.2) is 0 Å². The molecule has 0 amide bonds. The minimum Gasteiger partial charge on any atom is -0.102 e. The van der Waals surface area contributed by atoms with Crippen molar-refractivity contribution < 1.29 is 0 Å². The molecule has 0 heterocycles. The van der Waals surface area contributed by atoms with Gasteiger partial charge in [0.2, 0.25) is 0 Å². The summed E-state index contributed by atoms with van der Waals surface area (Å²) in [7, 11) is 0. The Labute approximate surface area is 105 Å². The average molecular weight is 226 g/mol. The minimum atomic E-state index is 0.00161. The summed E-state index contributed by atoms with van der Waals surface area (Å²) in [6, 6.07) is 6.45. The fourth-order valence-electron chi connectivity index (χ4n) is 1.84. The Morgan fingerprint density at radius 3 is 2.47 bits per heavy atom. The molecular formula is C17H22. The van der Waals surface area contributed by atoms with Crippen molar-refractivity contribution in [3.05, 3.63) is 65.8 Å². The van der Waals surface area contributed by atoms with Gasteiger partial charge in [-0.2, -0.15) is 0 Å². The Morgan fingerprint density at radius 2 is 1.88 bits per heavy atom. The molecule has 1 rings (SSSR count). The molecule has 1 aromatic rings. The van der Waals surface area contributed by atoms with Gasteiger partial charge in [-0.3, -0.25) is 0 Å². The molecule has 90 valence electrons. The maximum atomic E-state index is 3.94. The van der Waals surface area contributed by atoms with Gasteiger partial charge in [0.05, 0.1) is 0 Å². The highest BCUT2D eigenvalue weighted by Gasteiger charge is 2.19. The van der Waals surface area contributed by atoms with Crippen LogP contribution < -0.4 is 0 Å². The normalized spacial score (nSPS) is 12.5. The maximum absolute atomic E-state index is 3.94. The fraction of sp³-hybridized carbons (Fsp3) is 0.294. The number of benzene rings is 1. The van der Waals surface area contributed by atoms with E-state index >= 15 is 0 Å². The second-order valence-electron chi connectivity index (χ2n) is 4.85.